The van der Waals surface area contributed by atoms with Crippen LogP contribution in [0.25, 0.3) is 0 Å². The summed E-state index contributed by atoms with van der Waals surface area (Å²) in [6.45, 7) is -0.723. The quantitative estimate of drug-likeness (QED) is 0.315. The summed E-state index contributed by atoms with van der Waals surface area (Å²) < 4.78 is 5.80. The Kier molecular flexibility index (Phi) is 3.82. The molecular weight excluding hydrogens is 290 g/mol. The first kappa shape index (κ1) is 15.2. The number of amides is 1. The fourth-order valence-electron chi connectivity index (χ4n) is 2.11. The molecule has 0 aliphatic carbocycles. The highest BCUT2D eigenvalue weighted by atomic mass is 16.6. The zero-order chi connectivity index (χ0) is 15.8. The van der Waals surface area contributed by atoms with Gasteiger partial charge in [-0.2, -0.15) is 0 Å². The summed E-state index contributed by atoms with van der Waals surface area (Å²) in [4.78, 5) is 35.4. The molecule has 116 valence electrons. The van der Waals surface area contributed by atoms with Gasteiger partial charge >= 0.3 is 11.8 Å². The van der Waals surface area contributed by atoms with Crippen molar-refractivity contribution in [2.75, 3.05) is 6.61 Å². The fourth-order valence-corrected chi connectivity index (χ4v) is 2.11. The second kappa shape index (κ2) is 5.29. The van der Waals surface area contributed by atoms with Gasteiger partial charge in [0, 0.05) is 12.3 Å². The Morgan fingerprint density at radius 2 is 2.19 bits per heavy atom. The van der Waals surface area contributed by atoms with Gasteiger partial charge in [-0.3, -0.25) is 19.7 Å². The van der Waals surface area contributed by atoms with Crippen molar-refractivity contribution >= 4 is 6.09 Å². The highest BCUT2D eigenvalue weighted by Gasteiger charge is 2.57. The first-order chi connectivity index (χ1) is 9.79. The highest BCUT2D eigenvalue weighted by molar-refractivity contribution is 5.65. The van der Waals surface area contributed by atoms with Crippen LogP contribution >= 0.6 is 0 Å². The number of carboxylic acid groups (broad SMARTS) is 1. The Morgan fingerprint density at radius 1 is 1.52 bits per heavy atom. The Labute approximate surface area is 116 Å². The summed E-state index contributed by atoms with van der Waals surface area (Å²) in [6, 6.07) is 0.949. The molecule has 0 unspecified atom stereocenters. The van der Waals surface area contributed by atoms with Crippen LogP contribution in [0.1, 0.15) is 6.23 Å². The molecule has 21 heavy (non-hydrogen) atoms. The molecule has 0 aromatic carbocycles. The minimum absolute atomic E-state index is 0.691. The average molecular weight is 303 g/mol. The zero-order valence-corrected chi connectivity index (χ0v) is 10.5. The van der Waals surface area contributed by atoms with Gasteiger partial charge in [0.2, 0.25) is 5.72 Å². The molecule has 1 saturated heterocycles. The van der Waals surface area contributed by atoms with Crippen LogP contribution < -0.4 is 16.6 Å². The molecule has 11 nitrogen and oxygen atoms in total. The molecule has 0 saturated carbocycles. The molecule has 1 fully saturated rings. The molecule has 6 N–H and O–H groups in total. The number of ether oxygens (including phenoxy) is 1. The van der Waals surface area contributed by atoms with Crippen LogP contribution in [-0.2, 0) is 4.74 Å². The predicted octanol–water partition coefficient (Wildman–Crippen LogP) is -3.26. The van der Waals surface area contributed by atoms with E-state index in [-0.39, 0.29) is 0 Å². The van der Waals surface area contributed by atoms with E-state index in [0.29, 0.717) is 4.57 Å². The van der Waals surface area contributed by atoms with Crippen molar-refractivity contribution in [3.8, 4) is 0 Å². The number of nitrogens with zero attached hydrogens (tertiary/aromatic N) is 1. The molecule has 4 atom stereocenters. The van der Waals surface area contributed by atoms with Gasteiger partial charge in [-0.15, -0.1) is 0 Å². The van der Waals surface area contributed by atoms with E-state index in [1.54, 1.807) is 5.32 Å². The van der Waals surface area contributed by atoms with Crippen LogP contribution in [0.15, 0.2) is 21.9 Å². The van der Waals surface area contributed by atoms with Crippen molar-refractivity contribution in [1.82, 2.24) is 14.9 Å². The number of aromatic amines is 1. The number of aromatic nitrogens is 2. The van der Waals surface area contributed by atoms with Gasteiger partial charge in [-0.05, 0) is 0 Å². The van der Waals surface area contributed by atoms with Gasteiger partial charge < -0.3 is 25.2 Å². The Bertz CT molecular complexity index is 654. The smallest absolute Gasteiger partial charge is 0.407 e. The van der Waals surface area contributed by atoms with Crippen molar-refractivity contribution in [2.45, 2.75) is 24.2 Å². The van der Waals surface area contributed by atoms with Crippen LogP contribution in [0.5, 0.6) is 0 Å². The summed E-state index contributed by atoms with van der Waals surface area (Å²) in [5.41, 5.74) is -4.27. The van der Waals surface area contributed by atoms with Gasteiger partial charge in [0.15, 0.2) is 6.23 Å². The monoisotopic (exact) mass is 303 g/mol. The molecule has 0 radical (unpaired) electrons. The van der Waals surface area contributed by atoms with Crippen molar-refractivity contribution in [2.24, 2.45) is 0 Å². The molecule has 1 aliphatic heterocycles. The topological polar surface area (TPSA) is 174 Å². The van der Waals surface area contributed by atoms with Crippen LogP contribution in [-0.4, -0.2) is 60.6 Å². The number of nitrogens with one attached hydrogen (secondary N) is 2. The molecule has 1 aromatic rings. The molecule has 1 aliphatic rings. The van der Waals surface area contributed by atoms with E-state index < -0.39 is 48.1 Å². The van der Waals surface area contributed by atoms with Gasteiger partial charge in [0.25, 0.3) is 5.56 Å². The number of aliphatic hydroxyl groups excluding tert-OH is 2. The van der Waals surface area contributed by atoms with E-state index in [9.17, 15) is 24.6 Å². The van der Waals surface area contributed by atoms with E-state index in [1.165, 1.54) is 0 Å². The number of carbonyl (C=O) groups is 1. The van der Waals surface area contributed by atoms with Gasteiger partial charge in [0.05, 0.1) is 6.61 Å². The second-order valence-electron chi connectivity index (χ2n) is 4.43. The van der Waals surface area contributed by atoms with Crippen molar-refractivity contribution in [3.05, 3.63) is 33.1 Å². The second-order valence-corrected chi connectivity index (χ2v) is 4.43. The number of hydrogen-bond acceptors (Lipinski definition) is 7. The average Bonchev–Trinajstić information content (AvgIpc) is 2.62. The number of aliphatic hydroxyl groups is 3. The summed E-state index contributed by atoms with van der Waals surface area (Å²) in [7, 11) is 0. The first-order valence-corrected chi connectivity index (χ1v) is 5.79. The van der Waals surface area contributed by atoms with E-state index in [4.69, 9.17) is 14.9 Å². The van der Waals surface area contributed by atoms with E-state index in [0.717, 1.165) is 12.3 Å². The maximum atomic E-state index is 11.7. The van der Waals surface area contributed by atoms with Crippen LogP contribution in [0.2, 0.25) is 0 Å². The SMILES string of the molecule is O=C(O)N[C@]1(O)[C@H](O)[C@@H](CO)O[C@H]1n1ccc(=O)[nH]c1=O. The van der Waals surface area contributed by atoms with Crippen molar-refractivity contribution in [1.29, 1.82) is 0 Å². The summed E-state index contributed by atoms with van der Waals surface area (Å²) >= 11 is 0. The molecule has 11 heteroatoms. The van der Waals surface area contributed by atoms with Gasteiger partial charge in [-0.25, -0.2) is 9.59 Å². The van der Waals surface area contributed by atoms with Crippen molar-refractivity contribution in [3.63, 3.8) is 0 Å². The first-order valence-electron chi connectivity index (χ1n) is 5.79. The van der Waals surface area contributed by atoms with Gasteiger partial charge in [0.1, 0.15) is 12.2 Å². The Morgan fingerprint density at radius 3 is 2.71 bits per heavy atom. The minimum atomic E-state index is -2.58. The molecule has 0 bridgehead atoms. The number of hydrogen-bond donors (Lipinski definition) is 6. The molecule has 1 amide bonds. The normalized spacial score (nSPS) is 32.0. The van der Waals surface area contributed by atoms with Crippen molar-refractivity contribution < 1.29 is 30.0 Å². The largest absolute Gasteiger partial charge is 0.465 e. The molecule has 2 rings (SSSR count). The molecule has 1 aromatic heterocycles. The van der Waals surface area contributed by atoms with Crippen LogP contribution in [0, 0.1) is 0 Å². The lowest BCUT2D eigenvalue weighted by Gasteiger charge is -2.31. The minimum Gasteiger partial charge on any atom is -0.465 e. The van der Waals surface area contributed by atoms with E-state index >= 15 is 0 Å². The summed E-state index contributed by atoms with van der Waals surface area (Å²) in [6.07, 6.45) is -5.55. The summed E-state index contributed by atoms with van der Waals surface area (Å²) in [5.74, 6) is 0. The molecule has 2 heterocycles. The van der Waals surface area contributed by atoms with E-state index in [1.807, 2.05) is 4.98 Å². The lowest BCUT2D eigenvalue weighted by molar-refractivity contribution is -0.126. The summed E-state index contributed by atoms with van der Waals surface area (Å²) in [5, 5.41) is 39.7. The maximum Gasteiger partial charge on any atom is 0.407 e. The van der Waals surface area contributed by atoms with E-state index in [2.05, 4.69) is 0 Å². The van der Waals surface area contributed by atoms with Crippen LogP contribution in [0.4, 0.5) is 4.79 Å². The third kappa shape index (κ3) is 2.54. The zero-order valence-electron chi connectivity index (χ0n) is 10.5. The standard InChI is InChI=1S/C10H13N3O8/c14-3-4-6(16)10(20,12-9(18)19)7(21-4)13-2-1-5(15)11-8(13)17/h1-2,4,6-7,12,14,16,20H,3H2,(H,18,19)(H,11,15,17)/t4-,6-,7-,10+/m1/s1. The lowest BCUT2D eigenvalue weighted by Crippen LogP contribution is -2.60. The number of rotatable bonds is 3. The Hall–Kier alpha value is -2.21. The number of H-pyrrole nitrogens is 1. The third-order valence-electron chi connectivity index (χ3n) is 3.07. The molecule has 0 spiro atoms. The predicted molar refractivity (Wildman–Crippen MR) is 64.4 cm³/mol. The van der Waals surface area contributed by atoms with Gasteiger partial charge in [-0.1, -0.05) is 0 Å². The van der Waals surface area contributed by atoms with Crippen LogP contribution in [0.3, 0.4) is 0 Å². The molecular formula is C10H13N3O8. The third-order valence-corrected chi connectivity index (χ3v) is 3.07. The Balaban J connectivity index is 2.51. The fraction of sp³-hybridized carbons (Fsp3) is 0.500. The highest BCUT2D eigenvalue weighted by Crippen LogP contribution is 2.35. The lowest BCUT2D eigenvalue weighted by atomic mass is 10.0. The maximum absolute atomic E-state index is 11.7.